The first-order valence-electron chi connectivity index (χ1n) is 6.66. The van der Waals surface area contributed by atoms with Gasteiger partial charge >= 0.3 is 5.97 Å². The molecule has 0 aliphatic carbocycles. The minimum Gasteiger partial charge on any atom is -0.481 e. The standard InChI is InChI=1S/C14H21NO4S/c1-3-20(18,19)13-8-6-12(7-9-13)15-10-4-5-11(2)14(16)17/h6-9,11,15H,3-5,10H2,1-2H3,(H,16,17). The molecule has 0 aliphatic heterocycles. The van der Waals surface area contributed by atoms with Crippen molar-refractivity contribution in [2.75, 3.05) is 17.6 Å². The second-order valence-corrected chi connectivity index (χ2v) is 7.01. The minimum absolute atomic E-state index is 0.0901. The normalized spacial score (nSPS) is 12.9. The molecule has 1 aromatic rings. The van der Waals surface area contributed by atoms with Gasteiger partial charge in [0.1, 0.15) is 0 Å². The van der Waals surface area contributed by atoms with Crippen molar-refractivity contribution >= 4 is 21.5 Å². The molecule has 0 fully saturated rings. The van der Waals surface area contributed by atoms with E-state index in [0.29, 0.717) is 17.9 Å². The van der Waals surface area contributed by atoms with Crippen molar-refractivity contribution in [3.05, 3.63) is 24.3 Å². The SMILES string of the molecule is CCS(=O)(=O)c1ccc(NCCCC(C)C(=O)O)cc1. The van der Waals surface area contributed by atoms with Gasteiger partial charge in [-0.3, -0.25) is 4.79 Å². The predicted octanol–water partition coefficient (Wildman–Crippen LogP) is 2.39. The van der Waals surface area contributed by atoms with E-state index in [0.717, 1.165) is 12.1 Å². The molecule has 20 heavy (non-hydrogen) atoms. The van der Waals surface area contributed by atoms with Gasteiger partial charge in [0, 0.05) is 12.2 Å². The van der Waals surface area contributed by atoms with Gasteiger partial charge in [0.25, 0.3) is 0 Å². The van der Waals surface area contributed by atoms with Crippen molar-refractivity contribution < 1.29 is 18.3 Å². The summed E-state index contributed by atoms with van der Waals surface area (Å²) in [6, 6.07) is 6.62. The fourth-order valence-corrected chi connectivity index (χ4v) is 2.60. The maximum Gasteiger partial charge on any atom is 0.306 e. The molecule has 2 N–H and O–H groups in total. The van der Waals surface area contributed by atoms with Gasteiger partial charge in [0.15, 0.2) is 9.84 Å². The highest BCUT2D eigenvalue weighted by atomic mass is 32.2. The van der Waals surface area contributed by atoms with Crippen molar-refractivity contribution in [2.45, 2.75) is 31.6 Å². The Morgan fingerprint density at radius 3 is 2.40 bits per heavy atom. The number of benzene rings is 1. The van der Waals surface area contributed by atoms with Gasteiger partial charge in [0.2, 0.25) is 0 Å². The van der Waals surface area contributed by atoms with Gasteiger partial charge in [-0.15, -0.1) is 0 Å². The van der Waals surface area contributed by atoms with E-state index in [2.05, 4.69) is 5.32 Å². The van der Waals surface area contributed by atoms with Gasteiger partial charge < -0.3 is 10.4 Å². The molecule has 1 aromatic carbocycles. The summed E-state index contributed by atoms with van der Waals surface area (Å²) in [7, 11) is -3.15. The summed E-state index contributed by atoms with van der Waals surface area (Å²) in [6.45, 7) is 3.97. The summed E-state index contributed by atoms with van der Waals surface area (Å²) in [5.41, 5.74) is 0.836. The Labute approximate surface area is 119 Å². The molecule has 0 saturated heterocycles. The van der Waals surface area contributed by atoms with Gasteiger partial charge in [-0.2, -0.15) is 0 Å². The second kappa shape index (κ2) is 7.28. The van der Waals surface area contributed by atoms with E-state index in [9.17, 15) is 13.2 Å². The monoisotopic (exact) mass is 299 g/mol. The molecule has 6 heteroatoms. The minimum atomic E-state index is -3.15. The van der Waals surface area contributed by atoms with Crippen molar-refractivity contribution in [2.24, 2.45) is 5.92 Å². The summed E-state index contributed by atoms with van der Waals surface area (Å²) in [4.78, 5) is 11.0. The number of rotatable bonds is 8. The van der Waals surface area contributed by atoms with Crippen LogP contribution in [0.1, 0.15) is 26.7 Å². The second-order valence-electron chi connectivity index (χ2n) is 4.74. The number of carboxylic acids is 1. The van der Waals surface area contributed by atoms with E-state index in [-0.39, 0.29) is 11.7 Å². The molecule has 0 heterocycles. The van der Waals surface area contributed by atoms with Crippen LogP contribution in [0.5, 0.6) is 0 Å². The maximum absolute atomic E-state index is 11.6. The number of carbonyl (C=O) groups is 1. The topological polar surface area (TPSA) is 83.5 Å². The average molecular weight is 299 g/mol. The summed E-state index contributed by atoms with van der Waals surface area (Å²) >= 11 is 0. The zero-order chi connectivity index (χ0) is 15.2. The van der Waals surface area contributed by atoms with Gasteiger partial charge in [-0.1, -0.05) is 13.8 Å². The Kier molecular flexibility index (Phi) is 6.01. The molecule has 0 saturated carbocycles. The highest BCUT2D eigenvalue weighted by Crippen LogP contribution is 2.15. The third-order valence-electron chi connectivity index (χ3n) is 3.16. The molecular formula is C14H21NO4S. The lowest BCUT2D eigenvalue weighted by Crippen LogP contribution is -2.11. The van der Waals surface area contributed by atoms with Crippen molar-refractivity contribution in [3.8, 4) is 0 Å². The largest absolute Gasteiger partial charge is 0.481 e. The number of carboxylic acid groups (broad SMARTS) is 1. The molecule has 1 rings (SSSR count). The smallest absolute Gasteiger partial charge is 0.306 e. The zero-order valence-electron chi connectivity index (χ0n) is 11.8. The molecule has 0 bridgehead atoms. The van der Waals surface area contributed by atoms with Crippen LogP contribution in [0.15, 0.2) is 29.2 Å². The number of sulfone groups is 1. The van der Waals surface area contributed by atoms with Crippen LogP contribution in [0, 0.1) is 5.92 Å². The first-order valence-corrected chi connectivity index (χ1v) is 8.31. The first-order chi connectivity index (χ1) is 9.36. The van der Waals surface area contributed by atoms with Crippen LogP contribution in [0.25, 0.3) is 0 Å². The molecule has 0 radical (unpaired) electrons. The van der Waals surface area contributed by atoms with Crippen LogP contribution in [-0.2, 0) is 14.6 Å². The van der Waals surface area contributed by atoms with E-state index in [1.807, 2.05) is 0 Å². The predicted molar refractivity (Wildman–Crippen MR) is 78.7 cm³/mol. The summed E-state index contributed by atoms with van der Waals surface area (Å²) < 4.78 is 23.3. The first kappa shape index (κ1) is 16.5. The molecule has 0 spiro atoms. The number of hydrogen-bond donors (Lipinski definition) is 2. The molecule has 0 aromatic heterocycles. The van der Waals surface area contributed by atoms with Crippen LogP contribution in [0.4, 0.5) is 5.69 Å². The third-order valence-corrected chi connectivity index (χ3v) is 4.91. The highest BCUT2D eigenvalue weighted by molar-refractivity contribution is 7.91. The van der Waals surface area contributed by atoms with Crippen molar-refractivity contribution in [1.82, 2.24) is 0 Å². The number of anilines is 1. The fourth-order valence-electron chi connectivity index (χ4n) is 1.71. The molecular weight excluding hydrogens is 278 g/mol. The molecule has 0 aliphatic rings. The molecule has 1 unspecified atom stereocenters. The molecule has 5 nitrogen and oxygen atoms in total. The lowest BCUT2D eigenvalue weighted by Gasteiger charge is -2.09. The quantitative estimate of drug-likeness (QED) is 0.720. The van der Waals surface area contributed by atoms with E-state index < -0.39 is 15.8 Å². The number of hydrogen-bond acceptors (Lipinski definition) is 4. The van der Waals surface area contributed by atoms with Gasteiger partial charge in [-0.25, -0.2) is 8.42 Å². The summed E-state index contributed by atoms with van der Waals surface area (Å²) in [5.74, 6) is -1.03. The van der Waals surface area contributed by atoms with Crippen molar-refractivity contribution in [3.63, 3.8) is 0 Å². The van der Waals surface area contributed by atoms with Crippen LogP contribution in [0.3, 0.4) is 0 Å². The van der Waals surface area contributed by atoms with Crippen LogP contribution < -0.4 is 5.32 Å². The van der Waals surface area contributed by atoms with Crippen molar-refractivity contribution in [1.29, 1.82) is 0 Å². The van der Waals surface area contributed by atoms with Gasteiger partial charge in [-0.05, 0) is 37.1 Å². The maximum atomic E-state index is 11.6. The summed E-state index contributed by atoms with van der Waals surface area (Å²) in [6.07, 6.45) is 1.37. The zero-order valence-corrected chi connectivity index (χ0v) is 12.6. The lowest BCUT2D eigenvalue weighted by atomic mass is 10.1. The Bertz CT molecular complexity index is 537. The number of aliphatic carboxylic acids is 1. The Morgan fingerprint density at radius 2 is 1.90 bits per heavy atom. The van der Waals surface area contributed by atoms with E-state index in [1.54, 1.807) is 38.1 Å². The van der Waals surface area contributed by atoms with Crippen LogP contribution in [-0.4, -0.2) is 31.8 Å². The highest BCUT2D eigenvalue weighted by Gasteiger charge is 2.11. The van der Waals surface area contributed by atoms with E-state index in [4.69, 9.17) is 5.11 Å². The van der Waals surface area contributed by atoms with E-state index in [1.165, 1.54) is 0 Å². The van der Waals surface area contributed by atoms with Crippen LogP contribution in [0.2, 0.25) is 0 Å². The average Bonchev–Trinajstić information content (AvgIpc) is 2.43. The Balaban J connectivity index is 2.45. The third kappa shape index (κ3) is 4.85. The van der Waals surface area contributed by atoms with Gasteiger partial charge in [0.05, 0.1) is 16.6 Å². The lowest BCUT2D eigenvalue weighted by molar-refractivity contribution is -0.141. The molecule has 112 valence electrons. The Hall–Kier alpha value is -1.56. The number of nitrogens with one attached hydrogen (secondary N) is 1. The molecule has 0 amide bonds. The molecule has 1 atom stereocenters. The fraction of sp³-hybridized carbons (Fsp3) is 0.500. The Morgan fingerprint density at radius 1 is 1.30 bits per heavy atom. The van der Waals surface area contributed by atoms with E-state index >= 15 is 0 Å². The van der Waals surface area contributed by atoms with Crippen LogP contribution >= 0.6 is 0 Å². The summed E-state index contributed by atoms with van der Waals surface area (Å²) in [5, 5.41) is 11.9.